The molecule has 0 fully saturated rings. The molecule has 0 aliphatic carbocycles. The fraction of sp³-hybridized carbons (Fsp3) is 1.00. The third-order valence-electron chi connectivity index (χ3n) is 2.23. The van der Waals surface area contributed by atoms with Crippen LogP contribution in [0.4, 0.5) is 0 Å². The number of rotatable bonds is 12. The number of aliphatic hydroxyl groups is 1. The maximum Gasteiger partial charge on any atom is 0.331 e. The predicted molar refractivity (Wildman–Crippen MR) is 71.1 cm³/mol. The number of aliphatic hydroxyl groups excluding tert-OH is 1. The molecule has 0 heterocycles. The molecule has 0 aromatic heterocycles. The van der Waals surface area contributed by atoms with E-state index in [2.05, 4.69) is 5.32 Å². The summed E-state index contributed by atoms with van der Waals surface area (Å²) in [6.07, 6.45) is 0.476. The number of hydrogen-bond donors (Lipinski definition) is 2. The van der Waals surface area contributed by atoms with Gasteiger partial charge in [-0.05, 0) is 26.8 Å². The zero-order valence-electron chi connectivity index (χ0n) is 11.6. The van der Waals surface area contributed by atoms with E-state index in [0.29, 0.717) is 45.5 Å². The third-order valence-corrected chi connectivity index (χ3v) is 4.30. The van der Waals surface area contributed by atoms with Gasteiger partial charge in [-0.3, -0.25) is 4.57 Å². The van der Waals surface area contributed by atoms with Crippen molar-refractivity contribution in [2.45, 2.75) is 26.4 Å². The Labute approximate surface area is 110 Å². The smallest absolute Gasteiger partial charge is 0.331 e. The topological polar surface area (TPSA) is 77.0 Å². The zero-order chi connectivity index (χ0) is 13.9. The van der Waals surface area contributed by atoms with E-state index in [-0.39, 0.29) is 0 Å². The summed E-state index contributed by atoms with van der Waals surface area (Å²) in [6.45, 7) is 5.85. The lowest BCUT2D eigenvalue weighted by Crippen LogP contribution is -2.25. The molecule has 110 valence electrons. The van der Waals surface area contributed by atoms with E-state index in [1.54, 1.807) is 21.0 Å². The van der Waals surface area contributed by atoms with Crippen molar-refractivity contribution in [2.24, 2.45) is 0 Å². The first-order valence-electron chi connectivity index (χ1n) is 6.33. The van der Waals surface area contributed by atoms with Crippen molar-refractivity contribution in [2.75, 3.05) is 46.2 Å². The molecule has 0 bridgehead atoms. The van der Waals surface area contributed by atoms with Crippen molar-refractivity contribution < 1.29 is 23.5 Å². The first-order chi connectivity index (χ1) is 8.58. The first kappa shape index (κ1) is 18.0. The van der Waals surface area contributed by atoms with Crippen LogP contribution in [-0.2, 0) is 18.3 Å². The van der Waals surface area contributed by atoms with Crippen molar-refractivity contribution in [3.05, 3.63) is 0 Å². The fourth-order valence-electron chi connectivity index (χ4n) is 1.45. The maximum atomic E-state index is 12.1. The molecule has 0 aliphatic heterocycles. The van der Waals surface area contributed by atoms with Gasteiger partial charge in [0.1, 0.15) is 0 Å². The van der Waals surface area contributed by atoms with Crippen molar-refractivity contribution in [3.63, 3.8) is 0 Å². The van der Waals surface area contributed by atoms with Crippen LogP contribution in [0.15, 0.2) is 0 Å². The molecular formula is C11H26NO5P. The van der Waals surface area contributed by atoms with Crippen LogP contribution in [0.5, 0.6) is 0 Å². The van der Waals surface area contributed by atoms with Crippen molar-refractivity contribution >= 4 is 7.60 Å². The minimum absolute atomic E-state index is 0.331. The molecule has 0 aromatic carbocycles. The molecule has 1 unspecified atom stereocenters. The molecular weight excluding hydrogens is 257 g/mol. The summed E-state index contributed by atoms with van der Waals surface area (Å²) in [5.74, 6) is 0. The van der Waals surface area contributed by atoms with Crippen LogP contribution in [0, 0.1) is 0 Å². The van der Waals surface area contributed by atoms with E-state index >= 15 is 0 Å². The van der Waals surface area contributed by atoms with Gasteiger partial charge in [-0.15, -0.1) is 0 Å². The van der Waals surface area contributed by atoms with E-state index in [4.69, 9.17) is 13.8 Å². The van der Waals surface area contributed by atoms with E-state index in [1.807, 2.05) is 0 Å². The van der Waals surface area contributed by atoms with Gasteiger partial charge in [0.25, 0.3) is 0 Å². The maximum absolute atomic E-state index is 12.1. The molecule has 7 heteroatoms. The highest BCUT2D eigenvalue weighted by Crippen LogP contribution is 2.47. The van der Waals surface area contributed by atoms with Crippen LogP contribution in [-0.4, -0.2) is 57.4 Å². The van der Waals surface area contributed by atoms with E-state index in [9.17, 15) is 9.67 Å². The lowest BCUT2D eigenvalue weighted by atomic mass is 10.3. The molecule has 0 spiro atoms. The standard InChI is InChI=1S/C11H26NO5P/c1-4-16-18(14,17-5-2)9-8-12-7-6-11(13)10-15-3/h11-13H,4-10H2,1-3H3. The lowest BCUT2D eigenvalue weighted by Gasteiger charge is -2.17. The Kier molecular flexibility index (Phi) is 10.9. The van der Waals surface area contributed by atoms with Gasteiger partial charge in [-0.1, -0.05) is 0 Å². The van der Waals surface area contributed by atoms with E-state index in [1.165, 1.54) is 0 Å². The molecule has 0 rings (SSSR count). The summed E-state index contributed by atoms with van der Waals surface area (Å²) < 4.78 is 27.2. The molecule has 0 aromatic rings. The van der Waals surface area contributed by atoms with Crippen molar-refractivity contribution in [1.29, 1.82) is 0 Å². The zero-order valence-corrected chi connectivity index (χ0v) is 12.4. The summed E-state index contributed by atoms with van der Waals surface area (Å²) >= 11 is 0. The quantitative estimate of drug-likeness (QED) is 0.414. The Bertz CT molecular complexity index is 229. The number of ether oxygens (including phenoxy) is 1. The van der Waals surface area contributed by atoms with E-state index in [0.717, 1.165) is 0 Å². The van der Waals surface area contributed by atoms with Gasteiger partial charge in [-0.2, -0.15) is 0 Å². The van der Waals surface area contributed by atoms with Gasteiger partial charge < -0.3 is 24.2 Å². The molecule has 0 saturated heterocycles. The lowest BCUT2D eigenvalue weighted by molar-refractivity contribution is 0.0595. The van der Waals surface area contributed by atoms with Gasteiger partial charge >= 0.3 is 7.60 Å². The van der Waals surface area contributed by atoms with Crippen LogP contribution in [0.25, 0.3) is 0 Å². The minimum atomic E-state index is -2.95. The molecule has 2 N–H and O–H groups in total. The highest BCUT2D eigenvalue weighted by Gasteiger charge is 2.22. The third kappa shape index (κ3) is 9.03. The summed E-state index contributed by atoms with van der Waals surface area (Å²) in [4.78, 5) is 0. The average Bonchev–Trinajstić information content (AvgIpc) is 2.29. The normalized spacial score (nSPS) is 13.8. The van der Waals surface area contributed by atoms with Gasteiger partial charge in [0, 0.05) is 13.7 Å². The summed E-state index contributed by atoms with van der Waals surface area (Å²) in [7, 11) is -1.39. The predicted octanol–water partition coefficient (Wildman–Crippen LogP) is 1.24. The summed E-state index contributed by atoms with van der Waals surface area (Å²) in [6, 6.07) is 0. The molecule has 6 nitrogen and oxygen atoms in total. The molecule has 0 radical (unpaired) electrons. The minimum Gasteiger partial charge on any atom is -0.391 e. The number of nitrogens with one attached hydrogen (secondary N) is 1. The molecule has 0 amide bonds. The SMILES string of the molecule is CCOP(=O)(CCNCCC(O)COC)OCC. The second kappa shape index (κ2) is 10.9. The summed E-state index contributed by atoms with van der Waals surface area (Å²) in [5, 5.41) is 12.5. The van der Waals surface area contributed by atoms with Crippen LogP contribution >= 0.6 is 7.60 Å². The van der Waals surface area contributed by atoms with Crippen LogP contribution < -0.4 is 5.32 Å². The Morgan fingerprint density at radius 1 is 1.22 bits per heavy atom. The first-order valence-corrected chi connectivity index (χ1v) is 8.06. The highest BCUT2D eigenvalue weighted by molar-refractivity contribution is 7.53. The van der Waals surface area contributed by atoms with Crippen molar-refractivity contribution in [3.8, 4) is 0 Å². The average molecular weight is 283 g/mol. The second-order valence-corrected chi connectivity index (χ2v) is 6.00. The van der Waals surface area contributed by atoms with Crippen LogP contribution in [0.2, 0.25) is 0 Å². The van der Waals surface area contributed by atoms with Gasteiger partial charge in [0.05, 0.1) is 32.1 Å². The fourth-order valence-corrected chi connectivity index (χ4v) is 3.00. The molecule has 0 saturated carbocycles. The monoisotopic (exact) mass is 283 g/mol. The van der Waals surface area contributed by atoms with Crippen LogP contribution in [0.1, 0.15) is 20.3 Å². The number of hydrogen-bond acceptors (Lipinski definition) is 6. The Hall–Kier alpha value is 0.0300. The summed E-state index contributed by atoms with van der Waals surface area (Å²) in [5.41, 5.74) is 0. The second-order valence-electron chi connectivity index (χ2n) is 3.82. The Balaban J connectivity index is 3.70. The Morgan fingerprint density at radius 2 is 1.83 bits per heavy atom. The highest BCUT2D eigenvalue weighted by atomic mass is 31.2. The van der Waals surface area contributed by atoms with Gasteiger partial charge in [-0.25, -0.2) is 0 Å². The molecule has 0 aliphatic rings. The molecule has 18 heavy (non-hydrogen) atoms. The van der Waals surface area contributed by atoms with Gasteiger partial charge in [0.15, 0.2) is 0 Å². The van der Waals surface area contributed by atoms with Crippen LogP contribution in [0.3, 0.4) is 0 Å². The largest absolute Gasteiger partial charge is 0.391 e. The van der Waals surface area contributed by atoms with Gasteiger partial charge in [0.2, 0.25) is 0 Å². The van der Waals surface area contributed by atoms with Crippen molar-refractivity contribution in [1.82, 2.24) is 5.32 Å². The van der Waals surface area contributed by atoms with E-state index < -0.39 is 13.7 Å². The molecule has 1 atom stereocenters. The Morgan fingerprint density at radius 3 is 2.33 bits per heavy atom. The number of methoxy groups -OCH3 is 1.